The van der Waals surface area contributed by atoms with Gasteiger partial charge in [-0.25, -0.2) is 0 Å². The van der Waals surface area contributed by atoms with Crippen LogP contribution in [0.2, 0.25) is 0 Å². The van der Waals surface area contributed by atoms with Gasteiger partial charge >= 0.3 is 0 Å². The minimum Gasteiger partial charge on any atom is -0.365 e. The van der Waals surface area contributed by atoms with E-state index in [4.69, 9.17) is 0 Å². The first-order valence-electron chi connectivity index (χ1n) is 5.54. The summed E-state index contributed by atoms with van der Waals surface area (Å²) >= 11 is 0. The van der Waals surface area contributed by atoms with Gasteiger partial charge in [-0.2, -0.15) is 0 Å². The summed E-state index contributed by atoms with van der Waals surface area (Å²) in [6.07, 6.45) is 3.98. The van der Waals surface area contributed by atoms with Gasteiger partial charge in [-0.1, -0.05) is 6.07 Å². The molecule has 2 heterocycles. The topological polar surface area (TPSA) is 57.8 Å². The highest BCUT2D eigenvalue weighted by Crippen LogP contribution is 2.02. The molecule has 4 heteroatoms. The van der Waals surface area contributed by atoms with Gasteiger partial charge in [-0.15, -0.1) is 0 Å². The highest BCUT2D eigenvalue weighted by atomic mass is 16.1. The number of nitrogens with zero attached hydrogens (tertiary/aromatic N) is 1. The zero-order valence-electron chi connectivity index (χ0n) is 9.73. The standard InChI is InChI=1S/C13H15N3O/c1-10-6-11(8-15-10)7-13(17)16-9-12-4-2-3-5-14-12/h2-6,8,15H,7,9H2,1H3,(H,16,17). The van der Waals surface area contributed by atoms with Crippen molar-refractivity contribution in [3.8, 4) is 0 Å². The Labute approximate surface area is 100 Å². The van der Waals surface area contributed by atoms with Crippen LogP contribution in [-0.2, 0) is 17.8 Å². The van der Waals surface area contributed by atoms with Crippen molar-refractivity contribution in [2.45, 2.75) is 19.9 Å². The Bertz CT molecular complexity index is 490. The van der Waals surface area contributed by atoms with Gasteiger partial charge in [0.15, 0.2) is 0 Å². The van der Waals surface area contributed by atoms with Gasteiger partial charge in [0.05, 0.1) is 18.7 Å². The van der Waals surface area contributed by atoms with Crippen LogP contribution in [0, 0.1) is 6.92 Å². The van der Waals surface area contributed by atoms with E-state index in [9.17, 15) is 4.79 Å². The fourth-order valence-electron chi connectivity index (χ4n) is 1.61. The van der Waals surface area contributed by atoms with Crippen molar-refractivity contribution < 1.29 is 4.79 Å². The molecule has 0 aliphatic rings. The zero-order valence-corrected chi connectivity index (χ0v) is 9.73. The molecule has 0 unspecified atom stereocenters. The number of H-pyrrole nitrogens is 1. The number of hydrogen-bond donors (Lipinski definition) is 2. The van der Waals surface area contributed by atoms with E-state index in [0.717, 1.165) is 17.0 Å². The van der Waals surface area contributed by atoms with Gasteiger partial charge in [-0.3, -0.25) is 9.78 Å². The van der Waals surface area contributed by atoms with Crippen molar-refractivity contribution in [2.75, 3.05) is 0 Å². The van der Waals surface area contributed by atoms with E-state index in [1.807, 2.05) is 37.4 Å². The fourth-order valence-corrected chi connectivity index (χ4v) is 1.61. The van der Waals surface area contributed by atoms with Crippen LogP contribution in [0.1, 0.15) is 17.0 Å². The third-order valence-corrected chi connectivity index (χ3v) is 2.44. The average molecular weight is 229 g/mol. The molecule has 4 nitrogen and oxygen atoms in total. The second-order valence-corrected chi connectivity index (χ2v) is 3.97. The fraction of sp³-hybridized carbons (Fsp3) is 0.231. The molecule has 0 saturated carbocycles. The van der Waals surface area contributed by atoms with Crippen LogP contribution in [0.4, 0.5) is 0 Å². The highest BCUT2D eigenvalue weighted by molar-refractivity contribution is 5.78. The first-order chi connectivity index (χ1) is 8.24. The largest absolute Gasteiger partial charge is 0.365 e. The van der Waals surface area contributed by atoms with Crippen molar-refractivity contribution >= 4 is 5.91 Å². The normalized spacial score (nSPS) is 10.2. The van der Waals surface area contributed by atoms with Crippen LogP contribution in [0.3, 0.4) is 0 Å². The Kier molecular flexibility index (Phi) is 3.55. The number of aromatic nitrogens is 2. The number of aryl methyl sites for hydroxylation is 1. The molecule has 0 radical (unpaired) electrons. The number of hydrogen-bond acceptors (Lipinski definition) is 2. The minimum atomic E-state index is 0.00894. The van der Waals surface area contributed by atoms with Crippen LogP contribution in [0.5, 0.6) is 0 Å². The molecule has 0 aliphatic heterocycles. The third kappa shape index (κ3) is 3.45. The number of carbonyl (C=O) groups is 1. The van der Waals surface area contributed by atoms with Gasteiger partial charge in [0, 0.05) is 18.1 Å². The molecule has 2 N–H and O–H groups in total. The second kappa shape index (κ2) is 5.30. The first-order valence-corrected chi connectivity index (χ1v) is 5.54. The monoisotopic (exact) mass is 229 g/mol. The highest BCUT2D eigenvalue weighted by Gasteiger charge is 2.04. The Morgan fingerprint density at radius 3 is 3.00 bits per heavy atom. The number of nitrogens with one attached hydrogen (secondary N) is 2. The minimum absolute atomic E-state index is 0.00894. The SMILES string of the molecule is Cc1cc(CC(=O)NCc2ccccn2)c[nH]1. The molecule has 17 heavy (non-hydrogen) atoms. The molecule has 2 aromatic rings. The van der Waals surface area contributed by atoms with Crippen LogP contribution >= 0.6 is 0 Å². The quantitative estimate of drug-likeness (QED) is 0.836. The molecule has 0 aliphatic carbocycles. The Hall–Kier alpha value is -2.10. The summed E-state index contributed by atoms with van der Waals surface area (Å²) in [5, 5.41) is 2.84. The molecule has 2 aromatic heterocycles. The average Bonchev–Trinajstić information content (AvgIpc) is 2.73. The predicted octanol–water partition coefficient (Wildman–Crippen LogP) is 1.58. The van der Waals surface area contributed by atoms with Crippen molar-refractivity contribution in [1.82, 2.24) is 15.3 Å². The van der Waals surface area contributed by atoms with Crippen molar-refractivity contribution in [2.24, 2.45) is 0 Å². The summed E-state index contributed by atoms with van der Waals surface area (Å²) in [7, 11) is 0. The van der Waals surface area contributed by atoms with Crippen molar-refractivity contribution in [1.29, 1.82) is 0 Å². The van der Waals surface area contributed by atoms with E-state index in [1.165, 1.54) is 0 Å². The molecule has 0 saturated heterocycles. The summed E-state index contributed by atoms with van der Waals surface area (Å²) < 4.78 is 0. The molecule has 0 bridgehead atoms. The summed E-state index contributed by atoms with van der Waals surface area (Å²) in [5.74, 6) is 0.00894. The molecule has 0 atom stereocenters. The van der Waals surface area contributed by atoms with E-state index in [2.05, 4.69) is 15.3 Å². The molecule has 88 valence electrons. The molecule has 0 spiro atoms. The number of rotatable bonds is 4. The van der Waals surface area contributed by atoms with Crippen molar-refractivity contribution in [3.05, 3.63) is 53.6 Å². The van der Waals surface area contributed by atoms with Crippen LogP contribution in [-0.4, -0.2) is 15.9 Å². The lowest BCUT2D eigenvalue weighted by Gasteiger charge is -2.03. The number of amides is 1. The lowest BCUT2D eigenvalue weighted by molar-refractivity contribution is -0.120. The van der Waals surface area contributed by atoms with E-state index >= 15 is 0 Å². The number of carbonyl (C=O) groups excluding carboxylic acids is 1. The lowest BCUT2D eigenvalue weighted by Crippen LogP contribution is -2.24. The van der Waals surface area contributed by atoms with Gasteiger partial charge in [0.1, 0.15) is 0 Å². The van der Waals surface area contributed by atoms with Crippen LogP contribution < -0.4 is 5.32 Å². The molecule has 1 amide bonds. The summed E-state index contributed by atoms with van der Waals surface area (Å²) in [4.78, 5) is 18.8. The third-order valence-electron chi connectivity index (χ3n) is 2.44. The van der Waals surface area contributed by atoms with Crippen LogP contribution in [0.15, 0.2) is 36.7 Å². The lowest BCUT2D eigenvalue weighted by atomic mass is 10.2. The number of aromatic amines is 1. The van der Waals surface area contributed by atoms with E-state index < -0.39 is 0 Å². The van der Waals surface area contributed by atoms with Gasteiger partial charge in [0.25, 0.3) is 0 Å². The molecular weight excluding hydrogens is 214 g/mol. The van der Waals surface area contributed by atoms with Crippen molar-refractivity contribution in [3.63, 3.8) is 0 Å². The maximum atomic E-state index is 11.6. The molecular formula is C13H15N3O. The first kappa shape index (κ1) is 11.4. The van der Waals surface area contributed by atoms with Crippen LogP contribution in [0.25, 0.3) is 0 Å². The van der Waals surface area contributed by atoms with E-state index in [1.54, 1.807) is 6.20 Å². The van der Waals surface area contributed by atoms with E-state index in [0.29, 0.717) is 13.0 Å². The Morgan fingerprint density at radius 2 is 2.35 bits per heavy atom. The molecule has 0 aromatic carbocycles. The maximum absolute atomic E-state index is 11.6. The van der Waals surface area contributed by atoms with Gasteiger partial charge < -0.3 is 10.3 Å². The summed E-state index contributed by atoms with van der Waals surface area (Å²) in [6, 6.07) is 7.62. The summed E-state index contributed by atoms with van der Waals surface area (Å²) in [6.45, 7) is 2.44. The molecule has 2 rings (SSSR count). The molecule has 0 fully saturated rings. The Balaban J connectivity index is 1.82. The predicted molar refractivity (Wildman–Crippen MR) is 65.3 cm³/mol. The zero-order chi connectivity index (χ0) is 12.1. The number of pyridine rings is 1. The van der Waals surface area contributed by atoms with E-state index in [-0.39, 0.29) is 5.91 Å². The maximum Gasteiger partial charge on any atom is 0.224 e. The van der Waals surface area contributed by atoms with Gasteiger partial charge in [-0.05, 0) is 30.7 Å². The Morgan fingerprint density at radius 1 is 1.47 bits per heavy atom. The smallest absolute Gasteiger partial charge is 0.224 e. The summed E-state index contributed by atoms with van der Waals surface area (Å²) in [5.41, 5.74) is 2.93. The van der Waals surface area contributed by atoms with Gasteiger partial charge in [0.2, 0.25) is 5.91 Å². The second-order valence-electron chi connectivity index (χ2n) is 3.97.